The Morgan fingerprint density at radius 1 is 1.24 bits per heavy atom. The highest BCUT2D eigenvalue weighted by Crippen LogP contribution is 2.16. The first-order chi connectivity index (χ1) is 10.3. The van der Waals surface area contributed by atoms with Gasteiger partial charge in [-0.15, -0.1) is 0 Å². The molecule has 1 aromatic carbocycles. The molecule has 0 spiro atoms. The van der Waals surface area contributed by atoms with Crippen LogP contribution < -0.4 is 5.43 Å². The number of hydrogen-bond donors (Lipinski definition) is 1. The smallest absolute Gasteiger partial charge is 0.189 e. The number of likely N-dealkylation sites (tertiary alicyclic amines) is 1. The van der Waals surface area contributed by atoms with Crippen LogP contribution in [0.2, 0.25) is 0 Å². The van der Waals surface area contributed by atoms with Gasteiger partial charge in [-0.1, -0.05) is 24.3 Å². The maximum Gasteiger partial charge on any atom is 0.189 e. The fourth-order valence-corrected chi connectivity index (χ4v) is 2.81. The summed E-state index contributed by atoms with van der Waals surface area (Å²) in [4.78, 5) is 6.61. The van der Waals surface area contributed by atoms with Crippen LogP contribution in [-0.4, -0.2) is 33.8 Å². The number of fused-ring (bicyclic) bond motifs is 1. The van der Waals surface area contributed by atoms with Gasteiger partial charge in [0.1, 0.15) is 0 Å². The molecule has 0 saturated carbocycles. The van der Waals surface area contributed by atoms with Crippen molar-refractivity contribution in [2.75, 3.05) is 13.1 Å². The van der Waals surface area contributed by atoms with E-state index in [4.69, 9.17) is 12.2 Å². The molecule has 0 atom stereocenters. The quantitative estimate of drug-likeness (QED) is 0.526. The van der Waals surface area contributed by atoms with Crippen LogP contribution in [0.15, 0.2) is 41.6 Å². The molecule has 1 aromatic heterocycles. The SMILES string of the molecule is C/C(=N/NC(=S)N1CCCC1)c1nccc2ccccc12. The maximum absolute atomic E-state index is 5.37. The molecule has 4 nitrogen and oxygen atoms in total. The van der Waals surface area contributed by atoms with Gasteiger partial charge >= 0.3 is 0 Å². The van der Waals surface area contributed by atoms with E-state index in [1.807, 2.05) is 31.3 Å². The highest BCUT2D eigenvalue weighted by Gasteiger charge is 2.14. The molecular formula is C16H18N4S. The standard InChI is InChI=1S/C16H18N4S/c1-12(18-19-16(21)20-10-4-5-11-20)15-14-7-3-2-6-13(14)8-9-17-15/h2-3,6-9H,4-5,10-11H2,1H3,(H,19,21)/b18-12-. The monoisotopic (exact) mass is 298 g/mol. The minimum absolute atomic E-state index is 0.701. The third-order valence-electron chi connectivity index (χ3n) is 3.73. The van der Waals surface area contributed by atoms with E-state index >= 15 is 0 Å². The Morgan fingerprint density at radius 2 is 2.00 bits per heavy atom. The van der Waals surface area contributed by atoms with Crippen LogP contribution in [0.3, 0.4) is 0 Å². The van der Waals surface area contributed by atoms with Crippen molar-refractivity contribution in [1.82, 2.24) is 15.3 Å². The molecule has 1 aliphatic heterocycles. The van der Waals surface area contributed by atoms with Crippen LogP contribution in [0.1, 0.15) is 25.5 Å². The van der Waals surface area contributed by atoms with Gasteiger partial charge in [0.2, 0.25) is 0 Å². The Morgan fingerprint density at radius 3 is 2.81 bits per heavy atom. The van der Waals surface area contributed by atoms with Gasteiger partial charge in [-0.05, 0) is 43.4 Å². The lowest BCUT2D eigenvalue weighted by Gasteiger charge is -2.17. The highest BCUT2D eigenvalue weighted by molar-refractivity contribution is 7.80. The van der Waals surface area contributed by atoms with Gasteiger partial charge in [0.25, 0.3) is 0 Å². The van der Waals surface area contributed by atoms with Gasteiger partial charge in [-0.2, -0.15) is 5.10 Å². The van der Waals surface area contributed by atoms with Crippen LogP contribution in [0, 0.1) is 0 Å². The molecule has 5 heteroatoms. The van der Waals surface area contributed by atoms with Gasteiger partial charge in [0.05, 0.1) is 11.4 Å². The number of thiocarbonyl (C=S) groups is 1. The Labute approximate surface area is 129 Å². The van der Waals surface area contributed by atoms with Crippen LogP contribution in [0.4, 0.5) is 0 Å². The van der Waals surface area contributed by atoms with Gasteiger partial charge in [-0.25, -0.2) is 0 Å². The minimum Gasteiger partial charge on any atom is -0.348 e. The number of rotatable bonds is 2. The second kappa shape index (κ2) is 6.18. The molecule has 1 fully saturated rings. The molecule has 2 aromatic rings. The van der Waals surface area contributed by atoms with Crippen LogP contribution in [-0.2, 0) is 0 Å². The number of hydrazone groups is 1. The van der Waals surface area contributed by atoms with E-state index in [1.54, 1.807) is 0 Å². The van der Waals surface area contributed by atoms with E-state index in [-0.39, 0.29) is 0 Å². The summed E-state index contributed by atoms with van der Waals surface area (Å²) < 4.78 is 0. The van der Waals surface area contributed by atoms with E-state index < -0.39 is 0 Å². The van der Waals surface area contributed by atoms with Crippen molar-refractivity contribution in [2.24, 2.45) is 5.10 Å². The molecule has 0 aliphatic carbocycles. The summed E-state index contributed by atoms with van der Waals surface area (Å²) in [6.07, 6.45) is 4.22. The zero-order valence-corrected chi connectivity index (χ0v) is 12.9. The molecule has 1 saturated heterocycles. The Balaban J connectivity index is 1.81. The zero-order chi connectivity index (χ0) is 14.7. The number of pyridine rings is 1. The van der Waals surface area contributed by atoms with E-state index in [2.05, 4.69) is 32.5 Å². The van der Waals surface area contributed by atoms with E-state index in [1.165, 1.54) is 18.2 Å². The summed E-state index contributed by atoms with van der Waals surface area (Å²) in [5, 5.41) is 7.38. The summed E-state index contributed by atoms with van der Waals surface area (Å²) in [5.74, 6) is 0. The van der Waals surface area contributed by atoms with Crippen molar-refractivity contribution in [2.45, 2.75) is 19.8 Å². The molecule has 0 unspecified atom stereocenters. The fraction of sp³-hybridized carbons (Fsp3) is 0.312. The van der Waals surface area contributed by atoms with Crippen LogP contribution in [0.25, 0.3) is 10.8 Å². The lowest BCUT2D eigenvalue weighted by molar-refractivity contribution is 0.509. The van der Waals surface area contributed by atoms with Crippen molar-refractivity contribution in [1.29, 1.82) is 0 Å². The lowest BCUT2D eigenvalue weighted by Crippen LogP contribution is -2.35. The van der Waals surface area contributed by atoms with E-state index in [9.17, 15) is 0 Å². The molecule has 2 heterocycles. The second-order valence-electron chi connectivity index (χ2n) is 5.19. The average Bonchev–Trinajstić information content (AvgIpc) is 3.06. The third kappa shape index (κ3) is 3.03. The first-order valence-electron chi connectivity index (χ1n) is 7.19. The summed E-state index contributed by atoms with van der Waals surface area (Å²) in [7, 11) is 0. The largest absolute Gasteiger partial charge is 0.348 e. The van der Waals surface area contributed by atoms with Crippen molar-refractivity contribution in [3.63, 3.8) is 0 Å². The van der Waals surface area contributed by atoms with Gasteiger partial charge < -0.3 is 4.90 Å². The van der Waals surface area contributed by atoms with E-state index in [0.29, 0.717) is 5.11 Å². The van der Waals surface area contributed by atoms with Gasteiger partial charge in [-0.3, -0.25) is 10.4 Å². The van der Waals surface area contributed by atoms with Crippen molar-refractivity contribution in [3.8, 4) is 0 Å². The first-order valence-corrected chi connectivity index (χ1v) is 7.60. The summed E-state index contributed by atoms with van der Waals surface area (Å²) in [6, 6.07) is 10.2. The number of aromatic nitrogens is 1. The topological polar surface area (TPSA) is 40.5 Å². The van der Waals surface area contributed by atoms with Crippen molar-refractivity contribution < 1.29 is 0 Å². The molecule has 21 heavy (non-hydrogen) atoms. The molecule has 0 radical (unpaired) electrons. The highest BCUT2D eigenvalue weighted by atomic mass is 32.1. The van der Waals surface area contributed by atoms with Crippen molar-refractivity contribution >= 4 is 33.8 Å². The maximum atomic E-state index is 5.37. The number of benzene rings is 1. The second-order valence-corrected chi connectivity index (χ2v) is 5.58. The van der Waals surface area contributed by atoms with Gasteiger partial charge in [0, 0.05) is 24.7 Å². The van der Waals surface area contributed by atoms with Crippen LogP contribution in [0.5, 0.6) is 0 Å². The first kappa shape index (κ1) is 13.9. The third-order valence-corrected chi connectivity index (χ3v) is 4.08. The number of hydrogen-bond acceptors (Lipinski definition) is 3. The average molecular weight is 298 g/mol. The minimum atomic E-state index is 0.701. The number of nitrogens with zero attached hydrogens (tertiary/aromatic N) is 3. The molecule has 108 valence electrons. The Kier molecular flexibility index (Phi) is 4.10. The molecule has 1 N–H and O–H groups in total. The summed E-state index contributed by atoms with van der Waals surface area (Å²) in [6.45, 7) is 3.99. The van der Waals surface area contributed by atoms with Gasteiger partial charge in [0.15, 0.2) is 5.11 Å². The Hall–Kier alpha value is -2.01. The van der Waals surface area contributed by atoms with E-state index in [0.717, 1.165) is 29.9 Å². The number of nitrogens with one attached hydrogen (secondary N) is 1. The molecule has 3 rings (SSSR count). The Bertz CT molecular complexity index is 684. The zero-order valence-electron chi connectivity index (χ0n) is 12.0. The van der Waals surface area contributed by atoms with Crippen LogP contribution >= 0.6 is 12.2 Å². The lowest BCUT2D eigenvalue weighted by atomic mass is 10.1. The molecular weight excluding hydrogens is 280 g/mol. The fourth-order valence-electron chi connectivity index (χ4n) is 2.58. The molecule has 1 aliphatic rings. The molecule has 0 amide bonds. The van der Waals surface area contributed by atoms with Crippen molar-refractivity contribution in [3.05, 3.63) is 42.2 Å². The summed E-state index contributed by atoms with van der Waals surface area (Å²) >= 11 is 5.37. The predicted octanol–water partition coefficient (Wildman–Crippen LogP) is 2.93. The normalized spacial score (nSPS) is 15.5. The summed E-state index contributed by atoms with van der Waals surface area (Å²) in [5.41, 5.74) is 4.73. The predicted molar refractivity (Wildman–Crippen MR) is 90.5 cm³/mol. The molecule has 0 bridgehead atoms.